The second kappa shape index (κ2) is 8.61. The maximum Gasteiger partial charge on any atom is 0.416 e. The number of aliphatic imine (C=N–C) groups is 2. The molecule has 0 unspecified atom stereocenters. The Morgan fingerprint density at radius 1 is 1.00 bits per heavy atom. The molecule has 1 heterocycles. The summed E-state index contributed by atoms with van der Waals surface area (Å²) in [5.74, 6) is -3.89. The zero-order valence-corrected chi connectivity index (χ0v) is 19.3. The van der Waals surface area contributed by atoms with Crippen LogP contribution in [-0.2, 0) is 6.18 Å². The molecule has 0 radical (unpaired) electrons. The van der Waals surface area contributed by atoms with E-state index < -0.39 is 34.8 Å². The van der Waals surface area contributed by atoms with Crippen LogP contribution >= 0.6 is 22.6 Å². The van der Waals surface area contributed by atoms with Gasteiger partial charge in [0.2, 0.25) is 11.9 Å². The zero-order valence-electron chi connectivity index (χ0n) is 17.1. The van der Waals surface area contributed by atoms with Gasteiger partial charge in [-0.25, -0.2) is 13.8 Å². The van der Waals surface area contributed by atoms with E-state index in [1.165, 1.54) is 6.07 Å². The summed E-state index contributed by atoms with van der Waals surface area (Å²) < 4.78 is 73.9. The van der Waals surface area contributed by atoms with Crippen molar-refractivity contribution in [3.05, 3.63) is 51.1 Å². The van der Waals surface area contributed by atoms with Crippen molar-refractivity contribution in [2.75, 3.05) is 4.90 Å². The number of alkyl halides is 3. The van der Waals surface area contributed by atoms with E-state index in [2.05, 4.69) is 9.98 Å². The van der Waals surface area contributed by atoms with Gasteiger partial charge < -0.3 is 16.2 Å². The summed E-state index contributed by atoms with van der Waals surface area (Å²) in [5.41, 5.74) is 10.1. The molecule has 0 amide bonds. The van der Waals surface area contributed by atoms with Crippen LogP contribution in [0, 0.1) is 15.2 Å². The van der Waals surface area contributed by atoms with E-state index >= 15 is 0 Å². The van der Waals surface area contributed by atoms with E-state index in [0.29, 0.717) is 22.1 Å². The third kappa shape index (κ3) is 4.57. The minimum atomic E-state index is -4.91. The number of benzene rings is 2. The van der Waals surface area contributed by atoms with Crippen molar-refractivity contribution in [2.45, 2.75) is 43.9 Å². The van der Waals surface area contributed by atoms with Crippen LogP contribution in [0.1, 0.15) is 37.7 Å². The van der Waals surface area contributed by atoms with Gasteiger partial charge in [-0.2, -0.15) is 18.2 Å². The van der Waals surface area contributed by atoms with E-state index in [9.17, 15) is 22.0 Å². The van der Waals surface area contributed by atoms with Crippen molar-refractivity contribution in [2.24, 2.45) is 21.5 Å². The molecule has 33 heavy (non-hydrogen) atoms. The zero-order chi connectivity index (χ0) is 24.0. The smallest absolute Gasteiger partial charge is 0.416 e. The minimum Gasteiger partial charge on any atom is -0.449 e. The fourth-order valence-electron chi connectivity index (χ4n) is 4.16. The maximum absolute atomic E-state index is 14.5. The molecule has 1 aliphatic heterocycles. The molecule has 0 atom stereocenters. The van der Waals surface area contributed by atoms with Crippen LogP contribution in [-0.4, -0.2) is 17.6 Å². The predicted molar refractivity (Wildman–Crippen MR) is 122 cm³/mol. The van der Waals surface area contributed by atoms with Crippen molar-refractivity contribution >= 4 is 40.2 Å². The molecule has 1 spiro atoms. The number of hydrogen-bond acceptors (Lipinski definition) is 6. The first kappa shape index (κ1) is 23.5. The lowest BCUT2D eigenvalue weighted by molar-refractivity contribution is -0.138. The molecule has 12 heteroatoms. The molecular formula is C21H19F5IN5O. The van der Waals surface area contributed by atoms with Crippen LogP contribution < -0.4 is 21.1 Å². The van der Waals surface area contributed by atoms with E-state index in [1.807, 2.05) is 22.6 Å². The molecule has 2 aromatic rings. The summed E-state index contributed by atoms with van der Waals surface area (Å²) in [6.07, 6.45) is -0.985. The fourth-order valence-corrected chi connectivity index (χ4v) is 4.62. The Labute approximate surface area is 199 Å². The van der Waals surface area contributed by atoms with Crippen LogP contribution in [0.3, 0.4) is 0 Å². The van der Waals surface area contributed by atoms with Gasteiger partial charge in [0.05, 0.1) is 11.3 Å². The molecule has 4 N–H and O–H groups in total. The molecule has 0 aromatic heterocycles. The molecule has 176 valence electrons. The van der Waals surface area contributed by atoms with E-state index in [0.717, 1.165) is 19.3 Å². The first-order valence-electron chi connectivity index (χ1n) is 10.0. The average molecular weight is 579 g/mol. The van der Waals surface area contributed by atoms with Crippen molar-refractivity contribution in [3.8, 4) is 11.5 Å². The van der Waals surface area contributed by atoms with Crippen LogP contribution in [0.25, 0.3) is 0 Å². The number of hydrogen-bond donors (Lipinski definition) is 2. The van der Waals surface area contributed by atoms with Crippen LogP contribution in [0.5, 0.6) is 11.5 Å². The van der Waals surface area contributed by atoms with Crippen molar-refractivity contribution in [3.63, 3.8) is 0 Å². The quantitative estimate of drug-likeness (QED) is 0.372. The number of anilines is 1. The topological polar surface area (TPSA) is 89.2 Å². The molecule has 2 aliphatic rings. The number of rotatable bonds is 3. The van der Waals surface area contributed by atoms with Gasteiger partial charge in [0.15, 0.2) is 23.1 Å². The number of ether oxygens (including phenoxy) is 1. The molecular weight excluding hydrogens is 560 g/mol. The Bertz CT molecular complexity index is 1120. The summed E-state index contributed by atoms with van der Waals surface area (Å²) >= 11 is 1.98. The maximum atomic E-state index is 14.5. The van der Waals surface area contributed by atoms with Crippen molar-refractivity contribution in [1.82, 2.24) is 0 Å². The average Bonchev–Trinajstić information content (AvgIpc) is 2.71. The van der Waals surface area contributed by atoms with Gasteiger partial charge in [-0.05, 0) is 78.6 Å². The first-order chi connectivity index (χ1) is 15.5. The largest absolute Gasteiger partial charge is 0.449 e. The summed E-state index contributed by atoms with van der Waals surface area (Å²) in [7, 11) is 0. The molecule has 0 bridgehead atoms. The predicted octanol–water partition coefficient (Wildman–Crippen LogP) is 5.49. The lowest BCUT2D eigenvalue weighted by atomic mass is 9.87. The Kier molecular flexibility index (Phi) is 6.14. The van der Waals surface area contributed by atoms with E-state index in [1.54, 1.807) is 17.0 Å². The third-order valence-corrected chi connectivity index (χ3v) is 6.22. The van der Waals surface area contributed by atoms with Gasteiger partial charge in [-0.1, -0.05) is 6.42 Å². The van der Waals surface area contributed by atoms with E-state index in [-0.39, 0.29) is 29.8 Å². The molecule has 1 aliphatic carbocycles. The van der Waals surface area contributed by atoms with Crippen LogP contribution in [0.4, 0.5) is 27.6 Å². The van der Waals surface area contributed by atoms with Gasteiger partial charge in [-0.3, -0.25) is 4.90 Å². The standard InChI is InChI=1S/C21H19F5IN5O/c22-13-8-11(21(24,25)26)9-14(23)17(13)33-16-10-12(27)4-5-15(16)32-19(29)30-18(28)31-20(32)6-2-1-3-7-20/h4-5,8-10H,1-3,6-7H2,(H4,28,29,30,31). The second-order valence-corrected chi connectivity index (χ2v) is 9.05. The number of nitrogens with two attached hydrogens (primary N) is 2. The monoisotopic (exact) mass is 579 g/mol. The van der Waals surface area contributed by atoms with Gasteiger partial charge in [0.25, 0.3) is 0 Å². The highest BCUT2D eigenvalue weighted by atomic mass is 127. The summed E-state index contributed by atoms with van der Waals surface area (Å²) in [6, 6.07) is 5.24. The Balaban J connectivity index is 1.80. The third-order valence-electron chi connectivity index (χ3n) is 5.55. The van der Waals surface area contributed by atoms with Crippen LogP contribution in [0.15, 0.2) is 40.3 Å². The van der Waals surface area contributed by atoms with E-state index in [4.69, 9.17) is 16.2 Å². The number of nitrogens with zero attached hydrogens (tertiary/aromatic N) is 3. The molecule has 4 rings (SSSR count). The number of halogens is 6. The molecule has 0 saturated heterocycles. The lowest BCUT2D eigenvalue weighted by Crippen LogP contribution is -2.58. The number of guanidine groups is 2. The molecule has 1 fully saturated rings. The van der Waals surface area contributed by atoms with Crippen molar-refractivity contribution < 1.29 is 26.7 Å². The van der Waals surface area contributed by atoms with Crippen LogP contribution in [0.2, 0.25) is 0 Å². The lowest BCUT2D eigenvalue weighted by Gasteiger charge is -2.45. The SMILES string of the molecule is NC1=NC2(CCCCC2)N(c2ccc(I)cc2Oc2c(F)cc(C(F)(F)F)cc2F)C(N)=N1. The Morgan fingerprint density at radius 2 is 1.64 bits per heavy atom. The highest BCUT2D eigenvalue weighted by molar-refractivity contribution is 14.1. The summed E-state index contributed by atoms with van der Waals surface area (Å²) in [4.78, 5) is 10.2. The highest BCUT2D eigenvalue weighted by Crippen LogP contribution is 2.45. The normalized spacial score (nSPS) is 18.2. The van der Waals surface area contributed by atoms with Gasteiger partial charge in [0.1, 0.15) is 5.66 Å². The Hall–Kier alpha value is -2.64. The van der Waals surface area contributed by atoms with Gasteiger partial charge >= 0.3 is 6.18 Å². The van der Waals surface area contributed by atoms with Gasteiger partial charge in [-0.15, -0.1) is 0 Å². The van der Waals surface area contributed by atoms with Gasteiger partial charge in [0, 0.05) is 3.57 Å². The fraction of sp³-hybridized carbons (Fsp3) is 0.333. The molecule has 6 nitrogen and oxygen atoms in total. The molecule has 2 aromatic carbocycles. The summed E-state index contributed by atoms with van der Waals surface area (Å²) in [6.45, 7) is 0. The minimum absolute atomic E-state index is 0.0155. The Morgan fingerprint density at radius 3 is 2.24 bits per heavy atom. The van der Waals surface area contributed by atoms with Crippen molar-refractivity contribution in [1.29, 1.82) is 0 Å². The second-order valence-electron chi connectivity index (χ2n) is 7.80. The first-order valence-corrected chi connectivity index (χ1v) is 11.1. The highest BCUT2D eigenvalue weighted by Gasteiger charge is 2.44. The molecule has 1 saturated carbocycles. The summed E-state index contributed by atoms with van der Waals surface area (Å²) in [5, 5.41) is 0.